The topological polar surface area (TPSA) is 35.0 Å². The SMILES string of the molecule is C1=CC2Oc3c(-c4ccccc4)nc(-c4cccc(-c5cccc6c5sc5ccccc56)c4)nc3C2C=C1c1cccc(-c2cccc3c2sc2ccccc23)c1. The van der Waals surface area contributed by atoms with E-state index < -0.39 is 0 Å². The van der Waals surface area contributed by atoms with Crippen LogP contribution in [-0.4, -0.2) is 16.1 Å². The van der Waals surface area contributed by atoms with Gasteiger partial charge in [0.2, 0.25) is 0 Å². The number of rotatable bonds is 5. The molecule has 2 atom stereocenters. The normalized spacial score (nSPS) is 15.9. The van der Waals surface area contributed by atoms with Gasteiger partial charge in [0.25, 0.3) is 0 Å². The number of ether oxygens (including phenoxy) is 1. The van der Waals surface area contributed by atoms with Crippen LogP contribution in [0.3, 0.4) is 0 Å². The van der Waals surface area contributed by atoms with Gasteiger partial charge in [-0.05, 0) is 63.7 Å². The molecular formula is C52H32N2OS2. The number of allylic oxidation sites excluding steroid dienone is 2. The molecule has 0 bridgehead atoms. The lowest BCUT2D eigenvalue weighted by Crippen LogP contribution is -2.17. The van der Waals surface area contributed by atoms with Gasteiger partial charge in [-0.15, -0.1) is 22.7 Å². The maximum Gasteiger partial charge on any atom is 0.168 e. The van der Waals surface area contributed by atoms with Crippen LogP contribution in [0.2, 0.25) is 0 Å². The summed E-state index contributed by atoms with van der Waals surface area (Å²) in [6.07, 6.45) is 6.59. The number of thiophene rings is 2. The van der Waals surface area contributed by atoms with Gasteiger partial charge in [-0.25, -0.2) is 9.97 Å². The van der Waals surface area contributed by atoms with Crippen LogP contribution in [0.15, 0.2) is 182 Å². The van der Waals surface area contributed by atoms with Crippen LogP contribution < -0.4 is 4.74 Å². The standard InChI is InChI=1S/C52H32N2OS2/c1-2-12-31(13-3-1)47-49-48(54-52(53-47)36-17-9-16-35(29-36)38-21-11-23-42-40-19-5-7-25-46(40)57-51(38)42)43-30-33(26-27-44(43)55-49)32-14-8-15-34(28-32)37-20-10-22-41-39-18-4-6-24-45(39)56-50(37)41/h1-30,43-44H. The van der Waals surface area contributed by atoms with Crippen molar-refractivity contribution in [3.63, 3.8) is 0 Å². The number of hydrogen-bond donors (Lipinski definition) is 0. The number of benzene rings is 7. The average molecular weight is 765 g/mol. The summed E-state index contributed by atoms with van der Waals surface area (Å²) in [5.74, 6) is 1.40. The first kappa shape index (κ1) is 32.6. The molecule has 2 unspecified atom stereocenters. The van der Waals surface area contributed by atoms with Crippen LogP contribution in [0.1, 0.15) is 17.2 Å². The maximum absolute atomic E-state index is 6.76. The van der Waals surface area contributed by atoms with Gasteiger partial charge in [-0.3, -0.25) is 0 Å². The lowest BCUT2D eigenvalue weighted by Gasteiger charge is -2.18. The van der Waals surface area contributed by atoms with Gasteiger partial charge in [-0.2, -0.15) is 0 Å². The molecule has 10 aromatic rings. The molecule has 0 amide bonds. The first-order chi connectivity index (χ1) is 28.2. The highest BCUT2D eigenvalue weighted by molar-refractivity contribution is 7.26. The fraction of sp³-hybridized carbons (Fsp3) is 0.0385. The monoisotopic (exact) mass is 764 g/mol. The van der Waals surface area contributed by atoms with E-state index in [1.165, 1.54) is 62.6 Å². The van der Waals surface area contributed by atoms with Crippen LogP contribution in [0.5, 0.6) is 5.75 Å². The second-order valence-electron chi connectivity index (χ2n) is 14.8. The zero-order valence-electron chi connectivity index (χ0n) is 30.6. The van der Waals surface area contributed by atoms with Crippen LogP contribution in [0.4, 0.5) is 0 Å². The third kappa shape index (κ3) is 5.31. The van der Waals surface area contributed by atoms with Gasteiger partial charge in [-0.1, -0.05) is 152 Å². The molecule has 0 spiro atoms. The summed E-state index contributed by atoms with van der Waals surface area (Å²) in [5.41, 5.74) is 10.9. The average Bonchev–Trinajstić information content (AvgIpc) is 3.98. The molecule has 1 aliphatic heterocycles. The summed E-state index contributed by atoms with van der Waals surface area (Å²) < 4.78 is 12.0. The van der Waals surface area contributed by atoms with Gasteiger partial charge < -0.3 is 4.74 Å². The van der Waals surface area contributed by atoms with Crippen LogP contribution >= 0.6 is 22.7 Å². The third-order valence-corrected chi connectivity index (χ3v) is 13.9. The van der Waals surface area contributed by atoms with Gasteiger partial charge in [0.1, 0.15) is 11.8 Å². The first-order valence-electron chi connectivity index (χ1n) is 19.3. The highest BCUT2D eigenvalue weighted by Gasteiger charge is 2.38. The van der Waals surface area contributed by atoms with E-state index in [1.807, 2.05) is 28.7 Å². The van der Waals surface area contributed by atoms with Crippen molar-refractivity contribution in [3.05, 3.63) is 193 Å². The van der Waals surface area contributed by atoms with Crippen molar-refractivity contribution >= 4 is 68.6 Å². The minimum atomic E-state index is -0.164. The molecule has 0 N–H and O–H groups in total. The molecule has 0 radical (unpaired) electrons. The van der Waals surface area contributed by atoms with Crippen molar-refractivity contribution in [1.29, 1.82) is 0 Å². The predicted octanol–water partition coefficient (Wildman–Crippen LogP) is 14.4. The Morgan fingerprint density at radius 3 is 1.70 bits per heavy atom. The summed E-state index contributed by atoms with van der Waals surface area (Å²) in [4.78, 5) is 10.6. The number of fused-ring (bicyclic) bond motifs is 9. The molecule has 2 aliphatic rings. The van der Waals surface area contributed by atoms with E-state index in [2.05, 4.69) is 176 Å². The van der Waals surface area contributed by atoms with Crippen molar-refractivity contribution in [2.75, 3.05) is 0 Å². The van der Waals surface area contributed by atoms with E-state index in [-0.39, 0.29) is 12.0 Å². The first-order valence-corrected chi connectivity index (χ1v) is 20.9. The second kappa shape index (κ2) is 13.0. The molecule has 1 aliphatic carbocycles. The van der Waals surface area contributed by atoms with E-state index in [4.69, 9.17) is 14.7 Å². The molecule has 0 saturated heterocycles. The molecule has 12 rings (SSSR count). The van der Waals surface area contributed by atoms with E-state index in [9.17, 15) is 0 Å². The number of nitrogens with zero attached hydrogens (tertiary/aromatic N) is 2. The smallest absolute Gasteiger partial charge is 0.168 e. The molecule has 3 nitrogen and oxygen atoms in total. The van der Waals surface area contributed by atoms with Crippen molar-refractivity contribution in [2.45, 2.75) is 12.0 Å². The van der Waals surface area contributed by atoms with Gasteiger partial charge in [0.05, 0.1) is 11.6 Å². The second-order valence-corrected chi connectivity index (χ2v) is 16.9. The molecule has 268 valence electrons. The number of aromatic nitrogens is 2. The Labute approximate surface area is 337 Å². The molecule has 0 saturated carbocycles. The fourth-order valence-corrected chi connectivity index (χ4v) is 11.2. The summed E-state index contributed by atoms with van der Waals surface area (Å²) in [6.45, 7) is 0. The van der Waals surface area contributed by atoms with Crippen LogP contribution in [-0.2, 0) is 0 Å². The summed E-state index contributed by atoms with van der Waals surface area (Å²) in [7, 11) is 0. The van der Waals surface area contributed by atoms with Crippen molar-refractivity contribution < 1.29 is 4.74 Å². The van der Waals surface area contributed by atoms with E-state index >= 15 is 0 Å². The zero-order valence-corrected chi connectivity index (χ0v) is 32.2. The quantitative estimate of drug-likeness (QED) is 0.175. The van der Waals surface area contributed by atoms with Crippen molar-refractivity contribution in [3.8, 4) is 50.6 Å². The molecule has 57 heavy (non-hydrogen) atoms. The van der Waals surface area contributed by atoms with Gasteiger partial charge >= 0.3 is 0 Å². The molecule has 4 heterocycles. The van der Waals surface area contributed by atoms with Crippen molar-refractivity contribution in [1.82, 2.24) is 9.97 Å². The maximum atomic E-state index is 6.76. The minimum Gasteiger partial charge on any atom is -0.481 e. The Morgan fingerprint density at radius 1 is 0.474 bits per heavy atom. The van der Waals surface area contributed by atoms with Crippen LogP contribution in [0, 0.1) is 0 Å². The molecule has 3 aromatic heterocycles. The molecule has 0 fully saturated rings. The van der Waals surface area contributed by atoms with E-state index in [0.717, 1.165) is 39.4 Å². The summed E-state index contributed by atoms with van der Waals surface area (Å²) in [6, 6.07) is 58.7. The van der Waals surface area contributed by atoms with Crippen molar-refractivity contribution in [2.24, 2.45) is 0 Å². The fourth-order valence-electron chi connectivity index (χ4n) is 8.71. The van der Waals surface area contributed by atoms with Gasteiger partial charge in [0, 0.05) is 51.5 Å². The Kier molecular flexibility index (Phi) is 7.40. The van der Waals surface area contributed by atoms with E-state index in [1.54, 1.807) is 0 Å². The lowest BCUT2D eigenvalue weighted by atomic mass is 9.88. The summed E-state index contributed by atoms with van der Waals surface area (Å²) in [5, 5.41) is 5.22. The highest BCUT2D eigenvalue weighted by atomic mass is 32.1. The van der Waals surface area contributed by atoms with E-state index in [0.29, 0.717) is 5.82 Å². The Morgan fingerprint density at radius 2 is 1.02 bits per heavy atom. The largest absolute Gasteiger partial charge is 0.481 e. The van der Waals surface area contributed by atoms with Gasteiger partial charge in [0.15, 0.2) is 11.6 Å². The Bertz CT molecular complexity index is 3300. The molecule has 5 heteroatoms. The minimum absolute atomic E-state index is 0.0608. The Hall–Kier alpha value is -6.66. The number of hydrogen-bond acceptors (Lipinski definition) is 5. The summed E-state index contributed by atoms with van der Waals surface area (Å²) >= 11 is 3.72. The molecular weight excluding hydrogens is 733 g/mol. The Balaban J connectivity index is 0.962. The third-order valence-electron chi connectivity index (χ3n) is 11.4. The lowest BCUT2D eigenvalue weighted by molar-refractivity contribution is 0.269. The highest BCUT2D eigenvalue weighted by Crippen LogP contribution is 2.48. The van der Waals surface area contributed by atoms with Crippen LogP contribution in [0.25, 0.3) is 90.8 Å². The predicted molar refractivity (Wildman–Crippen MR) is 240 cm³/mol. The zero-order chi connectivity index (χ0) is 37.5. The molecule has 7 aromatic carbocycles.